The molecule has 1 atom stereocenters. The summed E-state index contributed by atoms with van der Waals surface area (Å²) in [5.41, 5.74) is 2.02. The second-order valence-electron chi connectivity index (χ2n) is 5.61. The van der Waals surface area contributed by atoms with Crippen LogP contribution in [0.4, 0.5) is 8.78 Å². The first-order valence-electron chi connectivity index (χ1n) is 7.66. The van der Waals surface area contributed by atoms with Gasteiger partial charge in [-0.05, 0) is 13.0 Å². The number of carbonyl (C=O) groups is 1. The molecule has 7 heteroatoms. The van der Waals surface area contributed by atoms with Gasteiger partial charge in [0.25, 0.3) is 5.91 Å². The number of aryl methyl sites for hydroxylation is 1. The van der Waals surface area contributed by atoms with E-state index in [-0.39, 0.29) is 11.3 Å². The monoisotopic (exact) mass is 369 g/mol. The van der Waals surface area contributed by atoms with E-state index in [9.17, 15) is 18.8 Å². The van der Waals surface area contributed by atoms with Gasteiger partial charge in [0.15, 0.2) is 0 Å². The molecule has 0 fully saturated rings. The topological polar surface area (TPSA) is 65.8 Å². The van der Waals surface area contributed by atoms with Crippen LogP contribution >= 0.6 is 11.3 Å². The molecule has 1 amide bonds. The molecule has 0 aliphatic carbocycles. The van der Waals surface area contributed by atoms with Crippen molar-refractivity contribution in [2.45, 2.75) is 13.0 Å². The maximum atomic E-state index is 13.8. The summed E-state index contributed by atoms with van der Waals surface area (Å²) in [5, 5.41) is 13.9. The van der Waals surface area contributed by atoms with E-state index in [1.165, 1.54) is 11.3 Å². The van der Waals surface area contributed by atoms with Crippen LogP contribution in [-0.2, 0) is 0 Å². The van der Waals surface area contributed by atoms with Crippen LogP contribution in [0.25, 0.3) is 10.6 Å². The Morgan fingerprint density at radius 2 is 1.96 bits per heavy atom. The number of carbonyl (C=O) groups excluding carboxylic acids is 1. The van der Waals surface area contributed by atoms with Crippen LogP contribution in [0.1, 0.15) is 27.7 Å². The van der Waals surface area contributed by atoms with E-state index < -0.39 is 23.6 Å². The fourth-order valence-electron chi connectivity index (χ4n) is 2.33. The van der Waals surface area contributed by atoms with Crippen LogP contribution in [-0.4, -0.2) is 10.9 Å². The van der Waals surface area contributed by atoms with Gasteiger partial charge in [0.1, 0.15) is 28.4 Å². The highest BCUT2D eigenvalue weighted by atomic mass is 32.1. The number of benzene rings is 2. The van der Waals surface area contributed by atoms with Crippen LogP contribution < -0.4 is 5.32 Å². The number of aromatic nitrogens is 1. The molecule has 26 heavy (non-hydrogen) atoms. The van der Waals surface area contributed by atoms with Crippen molar-refractivity contribution >= 4 is 17.2 Å². The Bertz CT molecular complexity index is 993. The van der Waals surface area contributed by atoms with Gasteiger partial charge in [-0.1, -0.05) is 35.9 Å². The lowest BCUT2D eigenvalue weighted by molar-refractivity contribution is 0.0940. The van der Waals surface area contributed by atoms with E-state index in [1.807, 2.05) is 31.2 Å². The third-order valence-electron chi connectivity index (χ3n) is 3.71. The molecule has 0 aliphatic rings. The number of thiazole rings is 1. The molecule has 0 spiro atoms. The molecular weight excluding hydrogens is 356 g/mol. The minimum atomic E-state index is -1.24. The van der Waals surface area contributed by atoms with Gasteiger partial charge in [-0.25, -0.2) is 13.8 Å². The number of halogens is 2. The predicted octanol–water partition coefficient (Wildman–Crippen LogP) is 4.39. The van der Waals surface area contributed by atoms with Gasteiger partial charge in [0.05, 0.1) is 6.07 Å². The lowest BCUT2D eigenvalue weighted by Gasteiger charge is -2.11. The molecule has 0 radical (unpaired) electrons. The van der Waals surface area contributed by atoms with Gasteiger partial charge in [-0.15, -0.1) is 11.3 Å². The van der Waals surface area contributed by atoms with Crippen molar-refractivity contribution in [1.82, 2.24) is 10.3 Å². The second kappa shape index (κ2) is 7.42. The molecule has 1 heterocycles. The number of hydrogen-bond donors (Lipinski definition) is 1. The van der Waals surface area contributed by atoms with Crippen molar-refractivity contribution in [2.24, 2.45) is 0 Å². The van der Waals surface area contributed by atoms with E-state index in [4.69, 9.17) is 0 Å². The van der Waals surface area contributed by atoms with Crippen LogP contribution in [0.3, 0.4) is 0 Å². The first kappa shape index (κ1) is 17.7. The molecule has 4 nitrogen and oxygen atoms in total. The number of hydrogen-bond acceptors (Lipinski definition) is 4. The quantitative estimate of drug-likeness (QED) is 0.742. The molecule has 3 aromatic rings. The average Bonchev–Trinajstić information content (AvgIpc) is 3.11. The zero-order valence-corrected chi connectivity index (χ0v) is 14.5. The third kappa shape index (κ3) is 3.76. The van der Waals surface area contributed by atoms with E-state index >= 15 is 0 Å². The van der Waals surface area contributed by atoms with Crippen molar-refractivity contribution in [3.8, 4) is 16.6 Å². The lowest BCUT2D eigenvalue weighted by Crippen LogP contribution is -2.28. The van der Waals surface area contributed by atoms with Crippen molar-refractivity contribution in [2.75, 3.05) is 0 Å². The largest absolute Gasteiger partial charge is 0.331 e. The molecule has 0 aliphatic heterocycles. The highest BCUT2D eigenvalue weighted by Crippen LogP contribution is 2.24. The number of nitrogens with one attached hydrogen (secondary N) is 1. The third-order valence-corrected chi connectivity index (χ3v) is 4.60. The summed E-state index contributed by atoms with van der Waals surface area (Å²) in [6, 6.07) is 11.1. The SMILES string of the molecule is Cc1ccc(-c2nc(C(=O)NC(C#N)c3ccc(F)cc3F)cs2)cc1. The van der Waals surface area contributed by atoms with Crippen LogP contribution in [0.5, 0.6) is 0 Å². The molecule has 2 aromatic carbocycles. The Labute approximate surface area is 152 Å². The summed E-state index contributed by atoms with van der Waals surface area (Å²) >= 11 is 1.29. The number of nitriles is 1. The fraction of sp³-hybridized carbons (Fsp3) is 0.105. The highest BCUT2D eigenvalue weighted by molar-refractivity contribution is 7.13. The molecule has 1 N–H and O–H groups in total. The normalized spacial score (nSPS) is 11.6. The second-order valence-corrected chi connectivity index (χ2v) is 6.46. The zero-order chi connectivity index (χ0) is 18.7. The Morgan fingerprint density at radius 1 is 1.23 bits per heavy atom. The minimum Gasteiger partial charge on any atom is -0.331 e. The number of amides is 1. The van der Waals surface area contributed by atoms with Crippen LogP contribution in [0, 0.1) is 29.9 Å². The number of nitrogens with zero attached hydrogens (tertiary/aromatic N) is 2. The maximum Gasteiger partial charge on any atom is 0.272 e. The standard InChI is InChI=1S/C19H13F2N3OS/c1-11-2-4-12(5-3-11)19-24-17(10-26-19)18(25)23-16(9-22)14-7-6-13(20)8-15(14)21/h2-8,10,16H,1H3,(H,23,25). The van der Waals surface area contributed by atoms with E-state index in [2.05, 4.69) is 10.3 Å². The summed E-state index contributed by atoms with van der Waals surface area (Å²) in [5.74, 6) is -2.25. The summed E-state index contributed by atoms with van der Waals surface area (Å²) < 4.78 is 26.9. The van der Waals surface area contributed by atoms with E-state index in [0.717, 1.165) is 23.3 Å². The Balaban J connectivity index is 1.79. The first-order chi connectivity index (χ1) is 12.5. The van der Waals surface area contributed by atoms with Gasteiger partial charge < -0.3 is 5.32 Å². The van der Waals surface area contributed by atoms with Crippen molar-refractivity contribution < 1.29 is 13.6 Å². The average molecular weight is 369 g/mol. The molecular formula is C19H13F2N3OS. The van der Waals surface area contributed by atoms with E-state index in [0.29, 0.717) is 11.1 Å². The van der Waals surface area contributed by atoms with Gasteiger partial charge in [-0.2, -0.15) is 5.26 Å². The van der Waals surface area contributed by atoms with Gasteiger partial charge in [0, 0.05) is 22.6 Å². The van der Waals surface area contributed by atoms with Crippen molar-refractivity contribution in [1.29, 1.82) is 5.26 Å². The van der Waals surface area contributed by atoms with Crippen molar-refractivity contribution in [3.05, 3.63) is 76.3 Å². The maximum absolute atomic E-state index is 13.8. The molecule has 130 valence electrons. The first-order valence-corrected chi connectivity index (χ1v) is 8.54. The van der Waals surface area contributed by atoms with Crippen LogP contribution in [0.15, 0.2) is 47.8 Å². The minimum absolute atomic E-state index is 0.101. The highest BCUT2D eigenvalue weighted by Gasteiger charge is 2.20. The summed E-state index contributed by atoms with van der Waals surface area (Å²) in [6.07, 6.45) is 0. The van der Waals surface area contributed by atoms with Gasteiger partial charge in [0.2, 0.25) is 0 Å². The smallest absolute Gasteiger partial charge is 0.272 e. The van der Waals surface area contributed by atoms with E-state index in [1.54, 1.807) is 11.4 Å². The summed E-state index contributed by atoms with van der Waals surface area (Å²) in [4.78, 5) is 16.6. The summed E-state index contributed by atoms with van der Waals surface area (Å²) in [6.45, 7) is 1.97. The van der Waals surface area contributed by atoms with Crippen LogP contribution in [0.2, 0.25) is 0 Å². The molecule has 0 bridgehead atoms. The van der Waals surface area contributed by atoms with Crippen molar-refractivity contribution in [3.63, 3.8) is 0 Å². The Kier molecular flexibility index (Phi) is 5.05. The van der Waals surface area contributed by atoms with Gasteiger partial charge in [-0.3, -0.25) is 4.79 Å². The molecule has 0 saturated carbocycles. The fourth-order valence-corrected chi connectivity index (χ4v) is 3.13. The lowest BCUT2D eigenvalue weighted by atomic mass is 10.1. The Morgan fingerprint density at radius 3 is 2.62 bits per heavy atom. The Hall–Kier alpha value is -3.11. The van der Waals surface area contributed by atoms with Gasteiger partial charge >= 0.3 is 0 Å². The molecule has 1 aromatic heterocycles. The molecule has 1 unspecified atom stereocenters. The summed E-state index contributed by atoms with van der Waals surface area (Å²) in [7, 11) is 0. The molecule has 0 saturated heterocycles. The number of rotatable bonds is 4. The zero-order valence-electron chi connectivity index (χ0n) is 13.7. The molecule has 3 rings (SSSR count). The predicted molar refractivity (Wildman–Crippen MR) is 94.5 cm³/mol.